The van der Waals surface area contributed by atoms with E-state index in [1.165, 1.54) is 22.0 Å². The fourth-order valence-electron chi connectivity index (χ4n) is 2.70. The third-order valence-corrected chi connectivity index (χ3v) is 3.42. The zero-order valence-corrected chi connectivity index (χ0v) is 8.29. The Hall–Kier alpha value is -1.70. The second kappa shape index (κ2) is 2.45. The molecule has 0 amide bonds. The van der Waals surface area contributed by atoms with Gasteiger partial charge < -0.3 is 10.1 Å². The van der Waals surface area contributed by atoms with Crippen molar-refractivity contribution in [1.29, 1.82) is 0 Å². The van der Waals surface area contributed by atoms with Crippen LogP contribution < -0.4 is 10.1 Å². The molecule has 0 fully saturated rings. The quantitative estimate of drug-likeness (QED) is 0.701. The summed E-state index contributed by atoms with van der Waals surface area (Å²) < 4.78 is 5.82. The van der Waals surface area contributed by atoms with Gasteiger partial charge in [0.2, 0.25) is 0 Å². The third kappa shape index (κ3) is 0.845. The monoisotopic (exact) mass is 197 g/mol. The van der Waals surface area contributed by atoms with E-state index < -0.39 is 0 Å². The Kier molecular flexibility index (Phi) is 1.24. The van der Waals surface area contributed by atoms with Crippen molar-refractivity contribution in [1.82, 2.24) is 0 Å². The molecule has 1 N–H and O–H groups in total. The summed E-state index contributed by atoms with van der Waals surface area (Å²) in [6.07, 6.45) is 0. The minimum absolute atomic E-state index is 0.569. The molecule has 0 aliphatic carbocycles. The number of ether oxygens (including phenoxy) is 1. The molecule has 1 atom stereocenters. The van der Waals surface area contributed by atoms with Gasteiger partial charge in [-0.2, -0.15) is 0 Å². The molecule has 2 aliphatic heterocycles. The van der Waals surface area contributed by atoms with Crippen LogP contribution in [0.2, 0.25) is 0 Å². The molecule has 2 aromatic carbocycles. The van der Waals surface area contributed by atoms with Crippen molar-refractivity contribution >= 4 is 16.5 Å². The largest absolute Gasteiger partial charge is 0.492 e. The van der Waals surface area contributed by atoms with E-state index in [1.807, 2.05) is 0 Å². The highest BCUT2D eigenvalue weighted by molar-refractivity contribution is 5.95. The lowest BCUT2D eigenvalue weighted by molar-refractivity contribution is 0.338. The lowest BCUT2D eigenvalue weighted by Gasteiger charge is -2.08. The first-order chi connectivity index (χ1) is 7.43. The third-order valence-electron chi connectivity index (χ3n) is 3.42. The molecular formula is C13H11NO. The Bertz CT molecular complexity index is 562. The topological polar surface area (TPSA) is 21.3 Å². The van der Waals surface area contributed by atoms with Crippen LogP contribution in [0.15, 0.2) is 30.3 Å². The standard InChI is InChI=1S/C13H11NO/c1-2-4-10-8(3-1)5-11-12-9(6-14-11)7-15-13(10)12/h1-5,9,14H,6-7H2. The van der Waals surface area contributed by atoms with E-state index >= 15 is 0 Å². The Morgan fingerprint density at radius 2 is 2.20 bits per heavy atom. The van der Waals surface area contributed by atoms with Crippen molar-refractivity contribution in [2.45, 2.75) is 5.92 Å². The first-order valence-corrected chi connectivity index (χ1v) is 5.36. The highest BCUT2D eigenvalue weighted by Gasteiger charge is 2.33. The summed E-state index contributed by atoms with van der Waals surface area (Å²) in [5, 5.41) is 5.97. The van der Waals surface area contributed by atoms with Crippen molar-refractivity contribution in [2.24, 2.45) is 0 Å². The predicted molar refractivity (Wildman–Crippen MR) is 60.7 cm³/mol. The average molecular weight is 197 g/mol. The molecule has 0 aromatic heterocycles. The van der Waals surface area contributed by atoms with Crippen LogP contribution in [0.5, 0.6) is 5.75 Å². The smallest absolute Gasteiger partial charge is 0.132 e. The van der Waals surface area contributed by atoms with E-state index in [-0.39, 0.29) is 0 Å². The van der Waals surface area contributed by atoms with Crippen molar-refractivity contribution in [3.63, 3.8) is 0 Å². The Morgan fingerprint density at radius 1 is 1.27 bits per heavy atom. The van der Waals surface area contributed by atoms with E-state index in [0.29, 0.717) is 5.92 Å². The maximum Gasteiger partial charge on any atom is 0.132 e. The zero-order chi connectivity index (χ0) is 9.83. The molecule has 74 valence electrons. The summed E-state index contributed by atoms with van der Waals surface area (Å²) in [5.41, 5.74) is 2.67. The number of rotatable bonds is 0. The van der Waals surface area contributed by atoms with Crippen LogP contribution >= 0.6 is 0 Å². The van der Waals surface area contributed by atoms with Crippen LogP contribution in [0.3, 0.4) is 0 Å². The molecule has 0 saturated carbocycles. The van der Waals surface area contributed by atoms with Gasteiger partial charge in [-0.15, -0.1) is 0 Å². The summed E-state index contributed by atoms with van der Waals surface area (Å²) in [6, 6.07) is 10.7. The molecule has 4 rings (SSSR count). The molecule has 0 radical (unpaired) electrons. The van der Waals surface area contributed by atoms with E-state index in [9.17, 15) is 0 Å². The van der Waals surface area contributed by atoms with Crippen LogP contribution in [0, 0.1) is 0 Å². The van der Waals surface area contributed by atoms with Crippen molar-refractivity contribution in [3.05, 3.63) is 35.9 Å². The highest BCUT2D eigenvalue weighted by atomic mass is 16.5. The number of anilines is 1. The van der Waals surface area contributed by atoms with Crippen LogP contribution in [0.25, 0.3) is 10.8 Å². The van der Waals surface area contributed by atoms with Gasteiger partial charge in [-0.1, -0.05) is 24.3 Å². The number of hydrogen-bond acceptors (Lipinski definition) is 2. The first kappa shape index (κ1) is 7.57. The first-order valence-electron chi connectivity index (χ1n) is 5.36. The van der Waals surface area contributed by atoms with Crippen molar-refractivity contribution in [3.8, 4) is 5.75 Å². The van der Waals surface area contributed by atoms with Gasteiger partial charge in [-0.25, -0.2) is 0 Å². The molecule has 1 unspecified atom stereocenters. The minimum Gasteiger partial charge on any atom is -0.492 e. The van der Waals surface area contributed by atoms with Gasteiger partial charge >= 0.3 is 0 Å². The van der Waals surface area contributed by atoms with Gasteiger partial charge in [0.1, 0.15) is 5.75 Å². The second-order valence-corrected chi connectivity index (χ2v) is 4.28. The lowest BCUT2D eigenvalue weighted by Crippen LogP contribution is -2.06. The molecular weight excluding hydrogens is 186 g/mol. The Morgan fingerprint density at radius 3 is 3.20 bits per heavy atom. The summed E-state index contributed by atoms with van der Waals surface area (Å²) in [4.78, 5) is 0. The van der Waals surface area contributed by atoms with Gasteiger partial charge in [-0.3, -0.25) is 0 Å². The summed E-state index contributed by atoms with van der Waals surface area (Å²) >= 11 is 0. The van der Waals surface area contributed by atoms with Crippen LogP contribution in [0.4, 0.5) is 5.69 Å². The minimum atomic E-state index is 0.569. The maximum atomic E-state index is 5.82. The number of hydrogen-bond donors (Lipinski definition) is 1. The van der Waals surface area contributed by atoms with Gasteiger partial charge in [0.15, 0.2) is 0 Å². The van der Waals surface area contributed by atoms with Gasteiger partial charge in [0, 0.05) is 29.1 Å². The van der Waals surface area contributed by atoms with E-state index in [2.05, 4.69) is 35.6 Å². The van der Waals surface area contributed by atoms with Crippen LogP contribution in [0.1, 0.15) is 11.5 Å². The number of nitrogens with one attached hydrogen (secondary N) is 1. The molecule has 2 aliphatic rings. The van der Waals surface area contributed by atoms with E-state index in [4.69, 9.17) is 4.74 Å². The summed E-state index contributed by atoms with van der Waals surface area (Å²) in [6.45, 7) is 1.86. The SMILES string of the molecule is c1ccc2c3c4c(cc2c1)NCC4CO3. The molecule has 2 nitrogen and oxygen atoms in total. The highest BCUT2D eigenvalue weighted by Crippen LogP contribution is 2.47. The van der Waals surface area contributed by atoms with Crippen molar-refractivity contribution < 1.29 is 4.74 Å². The van der Waals surface area contributed by atoms with Crippen LogP contribution in [-0.2, 0) is 0 Å². The molecule has 2 heterocycles. The number of benzene rings is 2. The normalized spacial score (nSPS) is 21.2. The summed E-state index contributed by atoms with van der Waals surface area (Å²) in [7, 11) is 0. The maximum absolute atomic E-state index is 5.82. The fourth-order valence-corrected chi connectivity index (χ4v) is 2.70. The van der Waals surface area contributed by atoms with Gasteiger partial charge in [0.05, 0.1) is 6.61 Å². The summed E-state index contributed by atoms with van der Waals surface area (Å²) in [5.74, 6) is 1.68. The number of fused-ring (bicyclic) bond motifs is 2. The predicted octanol–water partition coefficient (Wildman–Crippen LogP) is 2.74. The average Bonchev–Trinajstić information content (AvgIpc) is 2.86. The van der Waals surface area contributed by atoms with Gasteiger partial charge in [-0.05, 0) is 11.5 Å². The van der Waals surface area contributed by atoms with Crippen molar-refractivity contribution in [2.75, 3.05) is 18.5 Å². The van der Waals surface area contributed by atoms with Crippen LogP contribution in [-0.4, -0.2) is 13.2 Å². The van der Waals surface area contributed by atoms with E-state index in [0.717, 1.165) is 18.9 Å². The Balaban J connectivity index is 2.19. The molecule has 0 saturated heterocycles. The van der Waals surface area contributed by atoms with E-state index in [1.54, 1.807) is 0 Å². The lowest BCUT2D eigenvalue weighted by atomic mass is 9.99. The Labute approximate surface area is 87.9 Å². The molecule has 15 heavy (non-hydrogen) atoms. The molecule has 2 aromatic rings. The zero-order valence-electron chi connectivity index (χ0n) is 8.29. The fraction of sp³-hybridized carbons (Fsp3) is 0.231. The second-order valence-electron chi connectivity index (χ2n) is 4.28. The molecule has 2 heteroatoms. The molecule has 0 spiro atoms. The molecule has 0 bridgehead atoms. The van der Waals surface area contributed by atoms with Gasteiger partial charge in [0.25, 0.3) is 0 Å².